The van der Waals surface area contributed by atoms with E-state index in [-0.39, 0.29) is 0 Å². The third kappa shape index (κ3) is 3.26. The van der Waals surface area contributed by atoms with Gasteiger partial charge >= 0.3 is 0 Å². The molecular weight excluding hydrogens is 158 g/mol. The SMILES string of the molecule is CC(=CCl)CNC1CCCC1. The molecule has 0 unspecified atom stereocenters. The highest BCUT2D eigenvalue weighted by molar-refractivity contribution is 6.25. The molecule has 0 aromatic carbocycles. The van der Waals surface area contributed by atoms with Gasteiger partial charge < -0.3 is 5.32 Å². The van der Waals surface area contributed by atoms with E-state index in [9.17, 15) is 0 Å². The van der Waals surface area contributed by atoms with Crippen molar-refractivity contribution in [2.45, 2.75) is 38.6 Å². The van der Waals surface area contributed by atoms with Gasteiger partial charge in [-0.2, -0.15) is 0 Å². The molecule has 0 aromatic rings. The minimum Gasteiger partial charge on any atom is -0.310 e. The van der Waals surface area contributed by atoms with Crippen molar-refractivity contribution >= 4 is 11.6 Å². The van der Waals surface area contributed by atoms with Gasteiger partial charge in [-0.25, -0.2) is 0 Å². The van der Waals surface area contributed by atoms with E-state index in [2.05, 4.69) is 12.2 Å². The van der Waals surface area contributed by atoms with E-state index in [4.69, 9.17) is 11.6 Å². The quantitative estimate of drug-likeness (QED) is 0.692. The van der Waals surface area contributed by atoms with E-state index in [1.165, 1.54) is 31.3 Å². The van der Waals surface area contributed by atoms with Crippen molar-refractivity contribution < 1.29 is 0 Å². The summed E-state index contributed by atoms with van der Waals surface area (Å²) in [5.41, 5.74) is 2.88. The molecule has 0 radical (unpaired) electrons. The van der Waals surface area contributed by atoms with E-state index in [0.717, 1.165) is 12.6 Å². The van der Waals surface area contributed by atoms with Crippen molar-refractivity contribution in [3.05, 3.63) is 11.1 Å². The number of hydrogen-bond donors (Lipinski definition) is 1. The molecule has 0 bridgehead atoms. The highest BCUT2D eigenvalue weighted by atomic mass is 35.5. The Labute approximate surface area is 73.8 Å². The molecule has 64 valence electrons. The topological polar surface area (TPSA) is 12.0 Å². The lowest BCUT2D eigenvalue weighted by Crippen LogP contribution is -2.27. The molecule has 11 heavy (non-hydrogen) atoms. The van der Waals surface area contributed by atoms with Gasteiger partial charge in [-0.3, -0.25) is 0 Å². The monoisotopic (exact) mass is 173 g/mol. The third-order valence-corrected chi connectivity index (χ3v) is 2.58. The summed E-state index contributed by atoms with van der Waals surface area (Å²) in [6.07, 6.45) is 5.47. The second kappa shape index (κ2) is 4.78. The predicted molar refractivity (Wildman–Crippen MR) is 49.9 cm³/mol. The summed E-state index contributed by atoms with van der Waals surface area (Å²) in [5.74, 6) is 0. The first-order chi connectivity index (χ1) is 5.33. The van der Waals surface area contributed by atoms with Crippen LogP contribution >= 0.6 is 11.6 Å². The fourth-order valence-electron chi connectivity index (χ4n) is 1.47. The second-order valence-electron chi connectivity index (χ2n) is 3.32. The summed E-state index contributed by atoms with van der Waals surface area (Å²) in [5, 5.41) is 3.48. The van der Waals surface area contributed by atoms with Crippen LogP contribution in [0.25, 0.3) is 0 Å². The molecule has 0 heterocycles. The standard InChI is InChI=1S/C9H16ClN/c1-8(6-10)7-11-9-4-2-3-5-9/h6,9,11H,2-5,7H2,1H3. The van der Waals surface area contributed by atoms with Crippen LogP contribution in [0.15, 0.2) is 11.1 Å². The van der Waals surface area contributed by atoms with Gasteiger partial charge in [0.25, 0.3) is 0 Å². The van der Waals surface area contributed by atoms with Crippen molar-refractivity contribution in [3.8, 4) is 0 Å². The highest BCUT2D eigenvalue weighted by Crippen LogP contribution is 2.17. The molecule has 0 aliphatic heterocycles. The predicted octanol–water partition coefficient (Wildman–Crippen LogP) is 2.66. The van der Waals surface area contributed by atoms with Crippen LogP contribution in [0.2, 0.25) is 0 Å². The van der Waals surface area contributed by atoms with Crippen LogP contribution in [0.1, 0.15) is 32.6 Å². The van der Waals surface area contributed by atoms with Crippen LogP contribution in [0.3, 0.4) is 0 Å². The molecule has 0 atom stereocenters. The molecule has 2 heteroatoms. The maximum Gasteiger partial charge on any atom is 0.0176 e. The summed E-state index contributed by atoms with van der Waals surface area (Å²) >= 11 is 5.54. The zero-order valence-corrected chi connectivity index (χ0v) is 7.82. The molecule has 1 rings (SSSR count). The van der Waals surface area contributed by atoms with E-state index in [1.54, 1.807) is 5.54 Å². The van der Waals surface area contributed by atoms with Gasteiger partial charge in [-0.1, -0.05) is 24.4 Å². The van der Waals surface area contributed by atoms with Crippen LogP contribution in [0.5, 0.6) is 0 Å². The molecule has 1 fully saturated rings. The van der Waals surface area contributed by atoms with Crippen molar-refractivity contribution in [2.24, 2.45) is 0 Å². The highest BCUT2D eigenvalue weighted by Gasteiger charge is 2.13. The van der Waals surface area contributed by atoms with Crippen molar-refractivity contribution in [2.75, 3.05) is 6.54 Å². The van der Waals surface area contributed by atoms with Crippen molar-refractivity contribution in [1.29, 1.82) is 0 Å². The van der Waals surface area contributed by atoms with E-state index >= 15 is 0 Å². The van der Waals surface area contributed by atoms with E-state index in [0.29, 0.717) is 0 Å². The third-order valence-electron chi connectivity index (χ3n) is 2.21. The lowest BCUT2D eigenvalue weighted by Gasteiger charge is -2.10. The minimum atomic E-state index is 0.751. The Bertz CT molecular complexity index is 136. The van der Waals surface area contributed by atoms with Crippen molar-refractivity contribution in [1.82, 2.24) is 5.32 Å². The molecule has 1 aliphatic carbocycles. The molecule has 0 aromatic heterocycles. The Kier molecular flexibility index (Phi) is 3.95. The fraction of sp³-hybridized carbons (Fsp3) is 0.778. The first-order valence-corrected chi connectivity index (χ1v) is 4.76. The molecule has 0 amide bonds. The second-order valence-corrected chi connectivity index (χ2v) is 3.54. The Morgan fingerprint density at radius 1 is 1.55 bits per heavy atom. The van der Waals surface area contributed by atoms with Gasteiger partial charge in [-0.05, 0) is 25.3 Å². The first-order valence-electron chi connectivity index (χ1n) is 4.32. The zero-order valence-electron chi connectivity index (χ0n) is 7.07. The molecule has 0 spiro atoms. The van der Waals surface area contributed by atoms with Crippen LogP contribution in [0.4, 0.5) is 0 Å². The maximum absolute atomic E-state index is 5.54. The molecule has 1 N–H and O–H groups in total. The maximum atomic E-state index is 5.54. The van der Waals surface area contributed by atoms with Gasteiger partial charge in [0, 0.05) is 18.1 Å². The zero-order chi connectivity index (χ0) is 8.10. The first kappa shape index (κ1) is 9.08. The largest absolute Gasteiger partial charge is 0.310 e. The fourth-order valence-corrected chi connectivity index (χ4v) is 1.55. The average Bonchev–Trinajstić information content (AvgIpc) is 2.52. The molecule has 1 aliphatic rings. The number of halogens is 1. The summed E-state index contributed by atoms with van der Waals surface area (Å²) in [6.45, 7) is 3.00. The van der Waals surface area contributed by atoms with E-state index < -0.39 is 0 Å². The Morgan fingerprint density at radius 2 is 2.18 bits per heavy atom. The smallest absolute Gasteiger partial charge is 0.0176 e. The Morgan fingerprint density at radius 3 is 2.73 bits per heavy atom. The van der Waals surface area contributed by atoms with Gasteiger partial charge in [-0.15, -0.1) is 0 Å². The minimum absolute atomic E-state index is 0.751. The van der Waals surface area contributed by atoms with Gasteiger partial charge in [0.1, 0.15) is 0 Å². The Hall–Kier alpha value is -0.0100. The average molecular weight is 174 g/mol. The molecule has 0 saturated heterocycles. The summed E-state index contributed by atoms with van der Waals surface area (Å²) < 4.78 is 0. The summed E-state index contributed by atoms with van der Waals surface area (Å²) in [7, 11) is 0. The van der Waals surface area contributed by atoms with Crippen LogP contribution in [-0.2, 0) is 0 Å². The number of nitrogens with one attached hydrogen (secondary N) is 1. The van der Waals surface area contributed by atoms with Gasteiger partial charge in [0.15, 0.2) is 0 Å². The van der Waals surface area contributed by atoms with Crippen LogP contribution in [-0.4, -0.2) is 12.6 Å². The number of rotatable bonds is 3. The van der Waals surface area contributed by atoms with Crippen molar-refractivity contribution in [3.63, 3.8) is 0 Å². The molecular formula is C9H16ClN. The van der Waals surface area contributed by atoms with E-state index in [1.807, 2.05) is 0 Å². The molecule has 1 nitrogen and oxygen atoms in total. The van der Waals surface area contributed by atoms with Gasteiger partial charge in [0.2, 0.25) is 0 Å². The summed E-state index contributed by atoms with van der Waals surface area (Å²) in [6, 6.07) is 0.751. The van der Waals surface area contributed by atoms with Crippen LogP contribution < -0.4 is 5.32 Å². The van der Waals surface area contributed by atoms with Gasteiger partial charge in [0.05, 0.1) is 0 Å². The molecule has 1 saturated carbocycles. The lowest BCUT2D eigenvalue weighted by atomic mass is 10.2. The summed E-state index contributed by atoms with van der Waals surface area (Å²) in [4.78, 5) is 0. The Balaban J connectivity index is 2.11. The number of hydrogen-bond acceptors (Lipinski definition) is 1. The normalized spacial score (nSPS) is 21.1. The lowest BCUT2D eigenvalue weighted by molar-refractivity contribution is 0.549. The van der Waals surface area contributed by atoms with Crippen LogP contribution in [0, 0.1) is 0 Å².